The lowest BCUT2D eigenvalue weighted by Gasteiger charge is -2.19. The number of carbonyl (C=O) groups is 1. The van der Waals surface area contributed by atoms with Gasteiger partial charge >= 0.3 is 0 Å². The highest BCUT2D eigenvalue weighted by atomic mass is 32.2. The molecule has 3 rings (SSSR count). The Labute approximate surface area is 189 Å². The second kappa shape index (κ2) is 9.69. The van der Waals surface area contributed by atoms with Crippen molar-refractivity contribution >= 4 is 17.7 Å². The fraction of sp³-hybridized carbons (Fsp3) is 0.400. The van der Waals surface area contributed by atoms with Crippen LogP contribution < -0.4 is 5.32 Å². The normalized spacial score (nSPS) is 12.7. The number of hydrogen-bond acceptors (Lipinski definition) is 4. The van der Waals surface area contributed by atoms with Crippen LogP contribution in [0.15, 0.2) is 59.8 Å². The smallest absolute Gasteiger partial charge is 0.230 e. The number of hydrogen-bond donors (Lipinski definition) is 1. The third kappa shape index (κ3) is 5.76. The van der Waals surface area contributed by atoms with Crippen molar-refractivity contribution in [1.82, 2.24) is 20.1 Å². The minimum atomic E-state index is 0.00453. The van der Waals surface area contributed by atoms with Crippen LogP contribution in [0.4, 0.5) is 0 Å². The quantitative estimate of drug-likeness (QED) is 0.498. The number of amides is 1. The third-order valence-corrected chi connectivity index (χ3v) is 6.31. The van der Waals surface area contributed by atoms with Crippen molar-refractivity contribution in [3.63, 3.8) is 0 Å². The van der Waals surface area contributed by atoms with E-state index in [-0.39, 0.29) is 17.4 Å². The minimum Gasteiger partial charge on any atom is -0.353 e. The van der Waals surface area contributed by atoms with Crippen LogP contribution in [0.25, 0.3) is 17.1 Å². The molecule has 5 nitrogen and oxygen atoms in total. The van der Waals surface area contributed by atoms with E-state index in [1.807, 2.05) is 41.8 Å². The van der Waals surface area contributed by atoms with Gasteiger partial charge < -0.3 is 5.32 Å². The average molecular weight is 437 g/mol. The average Bonchev–Trinajstić information content (AvgIpc) is 3.16. The van der Waals surface area contributed by atoms with Crippen LogP contribution in [0.3, 0.4) is 0 Å². The Morgan fingerprint density at radius 1 is 1.00 bits per heavy atom. The highest BCUT2D eigenvalue weighted by Gasteiger charge is 2.19. The first-order chi connectivity index (χ1) is 14.7. The molecule has 1 unspecified atom stereocenters. The molecule has 6 heteroatoms. The molecule has 1 N–H and O–H groups in total. The Morgan fingerprint density at radius 2 is 1.65 bits per heavy atom. The van der Waals surface area contributed by atoms with Crippen molar-refractivity contribution in [2.75, 3.05) is 5.75 Å². The molecule has 1 amide bonds. The van der Waals surface area contributed by atoms with E-state index in [0.717, 1.165) is 17.1 Å². The zero-order valence-corrected chi connectivity index (χ0v) is 20.0. The number of aromatic nitrogens is 3. The van der Waals surface area contributed by atoms with Crippen LogP contribution in [0, 0.1) is 5.92 Å². The van der Waals surface area contributed by atoms with Gasteiger partial charge in [0.1, 0.15) is 0 Å². The van der Waals surface area contributed by atoms with Gasteiger partial charge in [-0.1, -0.05) is 88.8 Å². The zero-order valence-electron chi connectivity index (χ0n) is 19.2. The van der Waals surface area contributed by atoms with Crippen LogP contribution >= 0.6 is 11.8 Å². The lowest BCUT2D eigenvalue weighted by molar-refractivity contribution is -0.119. The van der Waals surface area contributed by atoms with Gasteiger partial charge in [-0.15, -0.1) is 10.2 Å². The van der Waals surface area contributed by atoms with Crippen molar-refractivity contribution in [2.24, 2.45) is 5.92 Å². The molecule has 1 heterocycles. The maximum atomic E-state index is 12.4. The molecule has 0 saturated heterocycles. The number of para-hydroxylation sites is 1. The van der Waals surface area contributed by atoms with Gasteiger partial charge in [-0.25, -0.2) is 0 Å². The molecule has 1 atom stereocenters. The SMILES string of the molecule is CC(C)C(C)NC(=O)CSc1nnc(-c2ccc(C(C)(C)C)cc2)n1-c1ccccc1. The van der Waals surface area contributed by atoms with E-state index < -0.39 is 0 Å². The molecule has 0 fully saturated rings. The molecule has 0 aliphatic rings. The summed E-state index contributed by atoms with van der Waals surface area (Å²) >= 11 is 1.40. The van der Waals surface area contributed by atoms with Gasteiger partial charge in [0.25, 0.3) is 0 Å². The van der Waals surface area contributed by atoms with Crippen molar-refractivity contribution in [2.45, 2.75) is 58.2 Å². The summed E-state index contributed by atoms with van der Waals surface area (Å²) in [5.41, 5.74) is 3.33. The summed E-state index contributed by atoms with van der Waals surface area (Å²) in [6, 6.07) is 18.6. The second-order valence-corrected chi connectivity index (χ2v) is 10.1. The van der Waals surface area contributed by atoms with Gasteiger partial charge in [-0.3, -0.25) is 9.36 Å². The molecule has 3 aromatic rings. The molecule has 164 valence electrons. The predicted molar refractivity (Wildman–Crippen MR) is 129 cm³/mol. The number of thioether (sulfide) groups is 1. The molecular weight excluding hydrogens is 404 g/mol. The molecule has 0 saturated carbocycles. The Morgan fingerprint density at radius 3 is 2.23 bits per heavy atom. The largest absolute Gasteiger partial charge is 0.353 e. The van der Waals surface area contributed by atoms with E-state index in [1.54, 1.807) is 0 Å². The monoisotopic (exact) mass is 436 g/mol. The number of carbonyl (C=O) groups excluding carboxylic acids is 1. The maximum absolute atomic E-state index is 12.4. The first-order valence-electron chi connectivity index (χ1n) is 10.7. The van der Waals surface area contributed by atoms with E-state index in [0.29, 0.717) is 16.8 Å². The van der Waals surface area contributed by atoms with Crippen molar-refractivity contribution in [1.29, 1.82) is 0 Å². The lowest BCUT2D eigenvalue weighted by Crippen LogP contribution is -2.37. The molecule has 1 aromatic heterocycles. The summed E-state index contributed by atoms with van der Waals surface area (Å²) in [6.07, 6.45) is 0. The number of nitrogens with zero attached hydrogens (tertiary/aromatic N) is 3. The van der Waals surface area contributed by atoms with Crippen LogP contribution in [0.1, 0.15) is 47.1 Å². The summed E-state index contributed by atoms with van der Waals surface area (Å²) in [5, 5.41) is 12.7. The summed E-state index contributed by atoms with van der Waals surface area (Å²) in [5.74, 6) is 1.46. The molecule has 0 bridgehead atoms. The Balaban J connectivity index is 1.90. The molecule has 0 aliphatic carbocycles. The van der Waals surface area contributed by atoms with Crippen molar-refractivity contribution in [3.05, 3.63) is 60.2 Å². The van der Waals surface area contributed by atoms with E-state index in [1.165, 1.54) is 17.3 Å². The van der Waals surface area contributed by atoms with Gasteiger partial charge in [-0.05, 0) is 36.0 Å². The van der Waals surface area contributed by atoms with E-state index in [4.69, 9.17) is 0 Å². The van der Waals surface area contributed by atoms with E-state index in [2.05, 4.69) is 74.4 Å². The molecule has 0 radical (unpaired) electrons. The van der Waals surface area contributed by atoms with E-state index in [9.17, 15) is 4.79 Å². The van der Waals surface area contributed by atoms with E-state index >= 15 is 0 Å². The fourth-order valence-corrected chi connectivity index (χ4v) is 3.83. The minimum absolute atomic E-state index is 0.00453. The first kappa shape index (κ1) is 23.1. The highest BCUT2D eigenvalue weighted by molar-refractivity contribution is 7.99. The van der Waals surface area contributed by atoms with Crippen LogP contribution in [-0.4, -0.2) is 32.5 Å². The molecule has 0 aliphatic heterocycles. The number of rotatable bonds is 7. The van der Waals surface area contributed by atoms with Crippen molar-refractivity contribution in [3.8, 4) is 17.1 Å². The van der Waals surface area contributed by atoms with Crippen LogP contribution in [0.5, 0.6) is 0 Å². The first-order valence-corrected chi connectivity index (χ1v) is 11.7. The fourth-order valence-electron chi connectivity index (χ4n) is 3.07. The second-order valence-electron chi connectivity index (χ2n) is 9.19. The molecule has 31 heavy (non-hydrogen) atoms. The topological polar surface area (TPSA) is 59.8 Å². The summed E-state index contributed by atoms with van der Waals surface area (Å²) in [4.78, 5) is 12.4. The summed E-state index contributed by atoms with van der Waals surface area (Å²) in [6.45, 7) is 12.8. The molecule has 0 spiro atoms. The van der Waals surface area contributed by atoms with Crippen LogP contribution in [-0.2, 0) is 10.2 Å². The highest BCUT2D eigenvalue weighted by Crippen LogP contribution is 2.30. The van der Waals surface area contributed by atoms with Gasteiger partial charge in [0, 0.05) is 17.3 Å². The summed E-state index contributed by atoms with van der Waals surface area (Å²) in [7, 11) is 0. The van der Waals surface area contributed by atoms with Gasteiger partial charge in [0.05, 0.1) is 5.75 Å². The Bertz CT molecular complexity index is 1000. The number of nitrogens with one attached hydrogen (secondary N) is 1. The maximum Gasteiger partial charge on any atom is 0.230 e. The predicted octanol–water partition coefficient (Wildman–Crippen LogP) is 5.48. The van der Waals surface area contributed by atoms with Gasteiger partial charge in [-0.2, -0.15) is 0 Å². The van der Waals surface area contributed by atoms with Crippen molar-refractivity contribution < 1.29 is 4.79 Å². The Hall–Kier alpha value is -2.60. The van der Waals surface area contributed by atoms with Gasteiger partial charge in [0.15, 0.2) is 11.0 Å². The third-order valence-electron chi connectivity index (χ3n) is 5.38. The number of benzene rings is 2. The zero-order chi connectivity index (χ0) is 22.6. The van der Waals surface area contributed by atoms with Gasteiger partial charge in [0.2, 0.25) is 5.91 Å². The summed E-state index contributed by atoms with van der Waals surface area (Å²) < 4.78 is 2.02. The standard InChI is InChI=1S/C25H32N4OS/c1-17(2)18(3)26-22(30)16-31-24-28-27-23(29(24)21-10-8-7-9-11-21)19-12-14-20(15-13-19)25(4,5)6/h7-15,17-18H,16H2,1-6H3,(H,26,30). The Kier molecular flexibility index (Phi) is 7.21. The molecular formula is C25H32N4OS. The molecule has 2 aromatic carbocycles. The lowest BCUT2D eigenvalue weighted by atomic mass is 9.87. The van der Waals surface area contributed by atoms with Crippen LogP contribution in [0.2, 0.25) is 0 Å².